The summed E-state index contributed by atoms with van der Waals surface area (Å²) in [6.07, 6.45) is 2.34. The Balaban J connectivity index is 1.99. The fourth-order valence-corrected chi connectivity index (χ4v) is 2.12. The molecule has 0 amide bonds. The maximum Gasteiger partial charge on any atom is 0.0967 e. The van der Waals surface area contributed by atoms with Crippen LogP contribution in [0.2, 0.25) is 0 Å². The molecule has 1 aliphatic heterocycles. The van der Waals surface area contributed by atoms with Gasteiger partial charge in [-0.25, -0.2) is 0 Å². The Morgan fingerprint density at radius 1 is 1.27 bits per heavy atom. The third-order valence-electron chi connectivity index (χ3n) is 2.90. The number of benzene rings is 1. The van der Waals surface area contributed by atoms with Crippen molar-refractivity contribution in [3.05, 3.63) is 29.8 Å². The Hall–Kier alpha value is -1.02. The van der Waals surface area contributed by atoms with E-state index in [1.54, 1.807) is 0 Å². The molecule has 0 aromatic heterocycles. The minimum absolute atomic E-state index is 0.484. The van der Waals surface area contributed by atoms with Gasteiger partial charge in [0.1, 0.15) is 0 Å². The molecule has 15 heavy (non-hydrogen) atoms. The summed E-state index contributed by atoms with van der Waals surface area (Å²) < 4.78 is 0. The average molecular weight is 205 g/mol. The summed E-state index contributed by atoms with van der Waals surface area (Å²) >= 11 is 0. The van der Waals surface area contributed by atoms with E-state index >= 15 is 0 Å². The van der Waals surface area contributed by atoms with Crippen molar-refractivity contribution in [3.63, 3.8) is 0 Å². The van der Waals surface area contributed by atoms with Crippen LogP contribution in [0.3, 0.4) is 0 Å². The van der Waals surface area contributed by atoms with E-state index in [1.807, 2.05) is 6.92 Å². The predicted octanol–water partition coefficient (Wildman–Crippen LogP) is 2.21. The zero-order valence-electron chi connectivity index (χ0n) is 9.53. The van der Waals surface area contributed by atoms with Crippen molar-refractivity contribution in [3.8, 4) is 0 Å². The molecule has 0 saturated carbocycles. The van der Waals surface area contributed by atoms with Crippen LogP contribution >= 0.6 is 0 Å². The zero-order chi connectivity index (χ0) is 10.9. The Kier molecular flexibility index (Phi) is 2.70. The monoisotopic (exact) mass is 205 g/mol. The molecule has 1 heterocycles. The van der Waals surface area contributed by atoms with Crippen LogP contribution in [0.25, 0.3) is 0 Å². The molecule has 1 aliphatic rings. The second-order valence-corrected chi connectivity index (χ2v) is 4.77. The van der Waals surface area contributed by atoms with Crippen molar-refractivity contribution in [2.24, 2.45) is 0 Å². The van der Waals surface area contributed by atoms with Crippen molar-refractivity contribution in [2.75, 3.05) is 18.0 Å². The van der Waals surface area contributed by atoms with Crippen molar-refractivity contribution < 1.29 is 5.11 Å². The molecule has 0 radical (unpaired) electrons. The van der Waals surface area contributed by atoms with Gasteiger partial charge in [-0.15, -0.1) is 0 Å². The molecule has 2 nitrogen and oxygen atoms in total. The number of aliphatic hydroxyl groups is 1. The summed E-state index contributed by atoms with van der Waals surface area (Å²) in [5.74, 6) is 0. The lowest BCUT2D eigenvalue weighted by atomic mass is 9.96. The Morgan fingerprint density at radius 3 is 2.33 bits per heavy atom. The number of aryl methyl sites for hydroxylation is 1. The van der Waals surface area contributed by atoms with E-state index in [2.05, 4.69) is 36.1 Å². The minimum atomic E-state index is -0.484. The first kappa shape index (κ1) is 10.5. The quantitative estimate of drug-likeness (QED) is 0.817. The molecule has 82 valence electrons. The molecule has 2 rings (SSSR count). The minimum Gasteiger partial charge on any atom is -0.386 e. The normalized spacial score (nSPS) is 18.7. The molecule has 0 aliphatic carbocycles. The molecular formula is C13H19NO. The van der Waals surface area contributed by atoms with Crippen LogP contribution in [0.15, 0.2) is 24.3 Å². The summed E-state index contributed by atoms with van der Waals surface area (Å²) in [6.45, 7) is 5.58. The van der Waals surface area contributed by atoms with E-state index in [-0.39, 0.29) is 0 Å². The van der Waals surface area contributed by atoms with Gasteiger partial charge < -0.3 is 10.0 Å². The van der Waals surface area contributed by atoms with Crippen LogP contribution < -0.4 is 4.90 Å². The first-order chi connectivity index (χ1) is 7.11. The molecular weight excluding hydrogens is 186 g/mol. The van der Waals surface area contributed by atoms with Crippen molar-refractivity contribution in [2.45, 2.75) is 32.3 Å². The topological polar surface area (TPSA) is 23.5 Å². The predicted molar refractivity (Wildman–Crippen MR) is 63.3 cm³/mol. The number of anilines is 1. The highest BCUT2D eigenvalue weighted by Gasteiger charge is 2.36. The van der Waals surface area contributed by atoms with Crippen molar-refractivity contribution in [1.82, 2.24) is 0 Å². The maximum atomic E-state index is 9.64. The second-order valence-electron chi connectivity index (χ2n) is 4.77. The standard InChI is InChI=1S/C13H19NO/c1-3-4-11-5-7-12(8-6-11)14-9-13(2,15)10-14/h5-8,15H,3-4,9-10H2,1-2H3. The van der Waals surface area contributed by atoms with Crippen LogP contribution in [0, 0.1) is 0 Å². The molecule has 1 fully saturated rings. The molecule has 0 unspecified atom stereocenters. The van der Waals surface area contributed by atoms with Crippen LogP contribution in [0.1, 0.15) is 25.8 Å². The van der Waals surface area contributed by atoms with Gasteiger partial charge in [-0.2, -0.15) is 0 Å². The van der Waals surface area contributed by atoms with Gasteiger partial charge in [0.2, 0.25) is 0 Å². The lowest BCUT2D eigenvalue weighted by Gasteiger charge is -2.45. The smallest absolute Gasteiger partial charge is 0.0967 e. The molecule has 0 spiro atoms. The second kappa shape index (κ2) is 3.86. The van der Waals surface area contributed by atoms with Gasteiger partial charge in [0.05, 0.1) is 5.60 Å². The summed E-state index contributed by atoms with van der Waals surface area (Å²) in [7, 11) is 0. The first-order valence-corrected chi connectivity index (χ1v) is 5.67. The highest BCUT2D eigenvalue weighted by Crippen LogP contribution is 2.27. The van der Waals surface area contributed by atoms with E-state index in [0.717, 1.165) is 19.5 Å². The van der Waals surface area contributed by atoms with E-state index in [0.29, 0.717) is 0 Å². The lowest BCUT2D eigenvalue weighted by Crippen LogP contribution is -2.60. The van der Waals surface area contributed by atoms with Crippen LogP contribution in [0.5, 0.6) is 0 Å². The van der Waals surface area contributed by atoms with Gasteiger partial charge in [-0.05, 0) is 31.0 Å². The largest absolute Gasteiger partial charge is 0.386 e. The van der Waals surface area contributed by atoms with E-state index in [1.165, 1.54) is 17.7 Å². The third kappa shape index (κ3) is 2.32. The number of β-amino-alcohol motifs (C(OH)–C–C–N with tert-alkyl or cyclic N) is 1. The Bertz CT molecular complexity index is 321. The van der Waals surface area contributed by atoms with Crippen molar-refractivity contribution >= 4 is 5.69 Å². The summed E-state index contributed by atoms with van der Waals surface area (Å²) in [5, 5.41) is 9.64. The van der Waals surface area contributed by atoms with Crippen molar-refractivity contribution in [1.29, 1.82) is 0 Å². The SMILES string of the molecule is CCCc1ccc(N2CC(C)(O)C2)cc1. The number of nitrogens with zero attached hydrogens (tertiary/aromatic N) is 1. The maximum absolute atomic E-state index is 9.64. The Labute approximate surface area is 91.5 Å². The van der Waals surface area contributed by atoms with Crippen LogP contribution in [0.4, 0.5) is 5.69 Å². The van der Waals surface area contributed by atoms with Crippen LogP contribution in [-0.2, 0) is 6.42 Å². The lowest BCUT2D eigenvalue weighted by molar-refractivity contribution is 0.0310. The molecule has 1 N–H and O–H groups in total. The summed E-state index contributed by atoms with van der Waals surface area (Å²) in [5.41, 5.74) is 2.14. The average Bonchev–Trinajstić information content (AvgIpc) is 2.16. The molecule has 0 bridgehead atoms. The fourth-order valence-electron chi connectivity index (χ4n) is 2.12. The number of hydrogen-bond acceptors (Lipinski definition) is 2. The van der Waals surface area contributed by atoms with Gasteiger partial charge in [-0.1, -0.05) is 25.5 Å². The van der Waals surface area contributed by atoms with E-state index in [4.69, 9.17) is 0 Å². The summed E-state index contributed by atoms with van der Waals surface area (Å²) in [4.78, 5) is 2.20. The molecule has 1 aromatic rings. The third-order valence-corrected chi connectivity index (χ3v) is 2.90. The van der Waals surface area contributed by atoms with Gasteiger partial charge in [-0.3, -0.25) is 0 Å². The van der Waals surface area contributed by atoms with E-state index < -0.39 is 5.60 Å². The number of rotatable bonds is 3. The highest BCUT2D eigenvalue weighted by atomic mass is 16.3. The van der Waals surface area contributed by atoms with Gasteiger partial charge in [0.25, 0.3) is 0 Å². The van der Waals surface area contributed by atoms with Crippen LogP contribution in [-0.4, -0.2) is 23.8 Å². The van der Waals surface area contributed by atoms with Gasteiger partial charge >= 0.3 is 0 Å². The van der Waals surface area contributed by atoms with Gasteiger partial charge in [0, 0.05) is 18.8 Å². The highest BCUT2D eigenvalue weighted by molar-refractivity contribution is 5.51. The fraction of sp³-hybridized carbons (Fsp3) is 0.538. The molecule has 0 atom stereocenters. The van der Waals surface area contributed by atoms with E-state index in [9.17, 15) is 5.11 Å². The summed E-state index contributed by atoms with van der Waals surface area (Å²) in [6, 6.07) is 8.68. The molecule has 1 saturated heterocycles. The Morgan fingerprint density at radius 2 is 1.87 bits per heavy atom. The molecule has 2 heteroatoms. The number of hydrogen-bond donors (Lipinski definition) is 1. The zero-order valence-corrected chi connectivity index (χ0v) is 9.53. The first-order valence-electron chi connectivity index (χ1n) is 5.67. The molecule has 1 aromatic carbocycles. The van der Waals surface area contributed by atoms with Gasteiger partial charge in [0.15, 0.2) is 0 Å².